The van der Waals surface area contributed by atoms with Gasteiger partial charge in [-0.2, -0.15) is 10.4 Å². The summed E-state index contributed by atoms with van der Waals surface area (Å²) in [6, 6.07) is 24.2. The molecule has 0 radical (unpaired) electrons. The first-order chi connectivity index (χ1) is 29.2. The second-order valence-corrected chi connectivity index (χ2v) is 14.9. The number of carbonyl (C=O) groups excluding carboxylic acids is 4. The van der Waals surface area contributed by atoms with Crippen molar-refractivity contribution in [1.82, 2.24) is 39.8 Å². The van der Waals surface area contributed by atoms with E-state index in [0.29, 0.717) is 42.5 Å². The number of carbonyl (C=O) groups is 4. The van der Waals surface area contributed by atoms with Gasteiger partial charge in [0.1, 0.15) is 6.04 Å². The first-order valence-corrected chi connectivity index (χ1v) is 19.8. The third-order valence-corrected chi connectivity index (χ3v) is 10.9. The second-order valence-electron chi connectivity index (χ2n) is 14.9. The fourth-order valence-corrected chi connectivity index (χ4v) is 7.66. The molecule has 0 saturated carbocycles. The third kappa shape index (κ3) is 8.88. The van der Waals surface area contributed by atoms with E-state index in [2.05, 4.69) is 41.6 Å². The van der Waals surface area contributed by atoms with Crippen molar-refractivity contribution >= 4 is 29.3 Å². The van der Waals surface area contributed by atoms with Gasteiger partial charge in [-0.15, -0.1) is 0 Å². The first-order valence-electron chi connectivity index (χ1n) is 19.8. The summed E-state index contributed by atoms with van der Waals surface area (Å²) in [5, 5.41) is 19.4. The van der Waals surface area contributed by atoms with E-state index in [4.69, 9.17) is 4.74 Å². The highest BCUT2D eigenvalue weighted by Crippen LogP contribution is 2.32. The fourth-order valence-electron chi connectivity index (χ4n) is 7.66. The minimum absolute atomic E-state index is 0.0745. The van der Waals surface area contributed by atoms with Crippen LogP contribution in [0.15, 0.2) is 96.1 Å². The van der Waals surface area contributed by atoms with Crippen LogP contribution in [0.4, 0.5) is 5.69 Å². The number of nitriles is 1. The maximum atomic E-state index is 13.4. The monoisotopic (exact) mass is 806 g/mol. The quantitative estimate of drug-likeness (QED) is 0.123. The van der Waals surface area contributed by atoms with Crippen molar-refractivity contribution in [3.8, 4) is 28.7 Å². The Morgan fingerprint density at radius 3 is 2.35 bits per heavy atom. The van der Waals surface area contributed by atoms with Crippen molar-refractivity contribution in [2.45, 2.75) is 32.0 Å². The summed E-state index contributed by atoms with van der Waals surface area (Å²) in [5.41, 5.74) is 5.26. The van der Waals surface area contributed by atoms with Crippen molar-refractivity contribution in [1.29, 1.82) is 5.26 Å². The summed E-state index contributed by atoms with van der Waals surface area (Å²) in [4.78, 5) is 78.1. The molecule has 5 heterocycles. The van der Waals surface area contributed by atoms with Crippen molar-refractivity contribution in [3.63, 3.8) is 0 Å². The van der Waals surface area contributed by atoms with Crippen LogP contribution in [0.5, 0.6) is 0 Å². The van der Waals surface area contributed by atoms with Crippen LogP contribution in [0.2, 0.25) is 0 Å². The number of hydrogen-bond acceptors (Lipinski definition) is 13. The number of nitrogens with zero attached hydrogens (tertiary/aromatic N) is 8. The summed E-state index contributed by atoms with van der Waals surface area (Å²) in [6.07, 6.45) is 3.71. The fraction of sp³-hybridized carbons (Fsp3) is 0.295. The molecule has 1 atom stereocenters. The van der Waals surface area contributed by atoms with Crippen LogP contribution in [-0.4, -0.2) is 117 Å². The molecule has 8 rings (SSSR count). The van der Waals surface area contributed by atoms with Gasteiger partial charge in [-0.25, -0.2) is 14.6 Å². The van der Waals surface area contributed by atoms with Gasteiger partial charge >= 0.3 is 0 Å². The number of amides is 4. The molecule has 2 fully saturated rings. The molecule has 0 aliphatic carbocycles. The predicted molar refractivity (Wildman–Crippen MR) is 219 cm³/mol. The number of anilines is 1. The van der Waals surface area contributed by atoms with Crippen LogP contribution >= 0.6 is 0 Å². The van der Waals surface area contributed by atoms with E-state index < -0.39 is 29.7 Å². The second kappa shape index (κ2) is 17.9. The number of hydrogen-bond donors (Lipinski definition) is 2. The summed E-state index contributed by atoms with van der Waals surface area (Å²) in [5.74, 6) is -1.52. The highest BCUT2D eigenvalue weighted by molar-refractivity contribution is 6.25. The Morgan fingerprint density at radius 2 is 1.57 bits per heavy atom. The van der Waals surface area contributed by atoms with Gasteiger partial charge < -0.3 is 10.1 Å². The SMILES string of the molecule is N#Cc1cccc(-c2ccc(=O)n(Cc3cccc(-c4ncc(COCCN5CCN(CCNc6cccc7c6C(=O)N([C@H]6CCC(=O)NC6=O)C7=O)CC5)cn4)c3)n2)c1. The molecular formula is C44H42N10O6. The summed E-state index contributed by atoms with van der Waals surface area (Å²) < 4.78 is 7.38. The molecule has 0 spiro atoms. The molecule has 16 nitrogen and oxygen atoms in total. The first kappa shape index (κ1) is 39.9. The zero-order valence-electron chi connectivity index (χ0n) is 32.8. The zero-order valence-corrected chi connectivity index (χ0v) is 32.8. The summed E-state index contributed by atoms with van der Waals surface area (Å²) >= 11 is 0. The molecule has 0 bridgehead atoms. The molecule has 304 valence electrons. The van der Waals surface area contributed by atoms with Crippen LogP contribution < -0.4 is 16.2 Å². The van der Waals surface area contributed by atoms with Crippen molar-refractivity contribution in [2.24, 2.45) is 0 Å². The Kier molecular flexibility index (Phi) is 11.9. The minimum atomic E-state index is -1.000. The molecule has 16 heteroatoms. The molecule has 5 aromatic rings. The van der Waals surface area contributed by atoms with E-state index in [1.54, 1.807) is 54.9 Å². The number of fused-ring (bicyclic) bond motifs is 1. The van der Waals surface area contributed by atoms with Crippen molar-refractivity contribution in [2.75, 3.05) is 57.7 Å². The van der Waals surface area contributed by atoms with Crippen LogP contribution in [0.1, 0.15) is 50.2 Å². The maximum absolute atomic E-state index is 13.4. The smallest absolute Gasteiger partial charge is 0.267 e. The van der Waals surface area contributed by atoms with Crippen molar-refractivity contribution < 1.29 is 23.9 Å². The third-order valence-electron chi connectivity index (χ3n) is 10.9. The Morgan fingerprint density at radius 1 is 0.817 bits per heavy atom. The number of piperazine rings is 1. The van der Waals surface area contributed by atoms with E-state index in [-0.39, 0.29) is 36.1 Å². The average molecular weight is 807 g/mol. The van der Waals surface area contributed by atoms with E-state index in [9.17, 15) is 29.2 Å². The van der Waals surface area contributed by atoms with E-state index >= 15 is 0 Å². The van der Waals surface area contributed by atoms with Gasteiger partial charge in [0.05, 0.1) is 48.2 Å². The maximum Gasteiger partial charge on any atom is 0.267 e. The lowest BCUT2D eigenvalue weighted by atomic mass is 10.0. The molecule has 60 heavy (non-hydrogen) atoms. The Bertz CT molecular complexity index is 2540. The van der Waals surface area contributed by atoms with Crippen LogP contribution in [0.25, 0.3) is 22.6 Å². The highest BCUT2D eigenvalue weighted by atomic mass is 16.5. The van der Waals surface area contributed by atoms with Crippen LogP contribution in [0.3, 0.4) is 0 Å². The standard InChI is InChI=1S/C44H42N10O6/c45-24-29-4-1-6-32(22-29)35-10-13-39(56)53(50-35)27-30-5-2-7-33(23-30)41-47-25-31(26-48-41)28-60-21-20-52-18-16-51(17-19-52)15-14-46-36-9-3-8-34-40(36)44(59)54(43(34)58)37-11-12-38(55)49-42(37)57/h1-10,13,22-23,25-26,37,46H,11-12,14-21,27-28H2,(H,49,55,57)/t37-/m0/s1. The molecule has 0 unspecified atom stereocenters. The molecule has 3 aliphatic heterocycles. The molecule has 2 aromatic heterocycles. The van der Waals surface area contributed by atoms with E-state index in [1.807, 2.05) is 30.3 Å². The molecule has 4 amide bonds. The van der Waals surface area contributed by atoms with Crippen LogP contribution in [-0.2, 0) is 27.5 Å². The Balaban J connectivity index is 0.759. The molecule has 2 saturated heterocycles. The number of aromatic nitrogens is 4. The highest BCUT2D eigenvalue weighted by Gasteiger charge is 2.45. The molecule has 3 aromatic carbocycles. The lowest BCUT2D eigenvalue weighted by molar-refractivity contribution is -0.136. The van der Waals surface area contributed by atoms with E-state index in [0.717, 1.165) is 66.4 Å². The predicted octanol–water partition coefficient (Wildman–Crippen LogP) is 2.93. The normalized spacial score (nSPS) is 17.1. The van der Waals surface area contributed by atoms with Gasteiger partial charge in [0.2, 0.25) is 11.8 Å². The van der Waals surface area contributed by atoms with Gasteiger partial charge in [-0.1, -0.05) is 36.4 Å². The van der Waals surface area contributed by atoms with Gasteiger partial charge in [-0.05, 0) is 48.4 Å². The summed E-state index contributed by atoms with van der Waals surface area (Å²) in [6.45, 7) is 6.85. The number of imide groups is 2. The molecule has 2 N–H and O–H groups in total. The number of piperidine rings is 1. The zero-order chi connectivity index (χ0) is 41.6. The molecular weight excluding hydrogens is 765 g/mol. The molecule has 3 aliphatic rings. The Hall–Kier alpha value is -6.93. The van der Waals surface area contributed by atoms with Crippen molar-refractivity contribution in [3.05, 3.63) is 129 Å². The number of nitrogens with one attached hydrogen (secondary N) is 2. The largest absolute Gasteiger partial charge is 0.383 e. The van der Waals surface area contributed by atoms with Gasteiger partial charge in [0, 0.05) is 93.1 Å². The van der Waals surface area contributed by atoms with Gasteiger partial charge in [0.25, 0.3) is 17.4 Å². The van der Waals surface area contributed by atoms with Crippen LogP contribution in [0, 0.1) is 11.3 Å². The van der Waals surface area contributed by atoms with Gasteiger partial charge in [-0.3, -0.25) is 44.0 Å². The summed E-state index contributed by atoms with van der Waals surface area (Å²) in [7, 11) is 0. The van der Waals surface area contributed by atoms with E-state index in [1.165, 1.54) is 10.7 Å². The number of ether oxygens (including phenoxy) is 1. The topological polar surface area (TPSA) is 196 Å². The lowest BCUT2D eigenvalue weighted by Crippen LogP contribution is -2.54. The number of benzene rings is 3. The minimum Gasteiger partial charge on any atom is -0.383 e. The average Bonchev–Trinajstić information content (AvgIpc) is 3.52. The van der Waals surface area contributed by atoms with Gasteiger partial charge in [0.15, 0.2) is 5.82 Å². The Labute approximate surface area is 345 Å². The number of rotatable bonds is 14. The lowest BCUT2D eigenvalue weighted by Gasteiger charge is -2.34.